The molecule has 96 valence electrons. The standard InChI is InChI=1S/C14H17NO3/c1-17-12-5-6-13-11(10-12)7-9-15(13)8-3-4-14(16)18-2/h5-7,9-10H,3-4,8H2,1-2H3. The van der Waals surface area contributed by atoms with E-state index in [4.69, 9.17) is 4.74 Å². The Hall–Kier alpha value is -1.97. The van der Waals surface area contributed by atoms with Crippen LogP contribution in [0, 0.1) is 0 Å². The maximum Gasteiger partial charge on any atom is 0.305 e. The molecule has 0 aliphatic carbocycles. The van der Waals surface area contributed by atoms with E-state index in [9.17, 15) is 4.79 Å². The van der Waals surface area contributed by atoms with Crippen molar-refractivity contribution < 1.29 is 14.3 Å². The number of carbonyl (C=O) groups is 1. The van der Waals surface area contributed by atoms with Gasteiger partial charge >= 0.3 is 5.97 Å². The Morgan fingerprint density at radius 2 is 2.11 bits per heavy atom. The van der Waals surface area contributed by atoms with Crippen LogP contribution in [-0.4, -0.2) is 24.8 Å². The van der Waals surface area contributed by atoms with Gasteiger partial charge in [0, 0.05) is 30.1 Å². The van der Waals surface area contributed by atoms with Crippen molar-refractivity contribution in [1.82, 2.24) is 4.57 Å². The molecule has 0 unspecified atom stereocenters. The Kier molecular flexibility index (Phi) is 3.87. The zero-order valence-corrected chi connectivity index (χ0v) is 10.7. The SMILES string of the molecule is COC(=O)CCCn1ccc2cc(OC)ccc21. The highest BCUT2D eigenvalue weighted by Crippen LogP contribution is 2.22. The molecule has 0 bridgehead atoms. The first-order chi connectivity index (χ1) is 8.74. The molecule has 0 fully saturated rings. The van der Waals surface area contributed by atoms with Crippen LogP contribution in [0.1, 0.15) is 12.8 Å². The van der Waals surface area contributed by atoms with E-state index in [0.29, 0.717) is 6.42 Å². The number of methoxy groups -OCH3 is 2. The molecular formula is C14H17NO3. The van der Waals surface area contributed by atoms with Crippen LogP contribution in [0.15, 0.2) is 30.5 Å². The lowest BCUT2D eigenvalue weighted by Gasteiger charge is -2.05. The van der Waals surface area contributed by atoms with E-state index in [1.54, 1.807) is 7.11 Å². The minimum absolute atomic E-state index is 0.159. The molecule has 4 heteroatoms. The van der Waals surface area contributed by atoms with E-state index in [2.05, 4.69) is 15.4 Å². The molecule has 0 saturated heterocycles. The number of benzene rings is 1. The van der Waals surface area contributed by atoms with Gasteiger partial charge < -0.3 is 14.0 Å². The monoisotopic (exact) mass is 247 g/mol. The summed E-state index contributed by atoms with van der Waals surface area (Å²) < 4.78 is 11.9. The van der Waals surface area contributed by atoms with Gasteiger partial charge in [0.1, 0.15) is 5.75 Å². The van der Waals surface area contributed by atoms with Gasteiger partial charge in [0.25, 0.3) is 0 Å². The molecule has 1 heterocycles. The summed E-state index contributed by atoms with van der Waals surface area (Å²) in [7, 11) is 3.08. The molecule has 1 aromatic carbocycles. The topological polar surface area (TPSA) is 40.5 Å². The molecule has 0 aliphatic rings. The van der Waals surface area contributed by atoms with E-state index in [-0.39, 0.29) is 5.97 Å². The Labute approximate surface area is 106 Å². The normalized spacial score (nSPS) is 10.6. The number of hydrogen-bond donors (Lipinski definition) is 0. The van der Waals surface area contributed by atoms with Crippen LogP contribution < -0.4 is 4.74 Å². The van der Waals surface area contributed by atoms with Gasteiger partial charge in [-0.05, 0) is 30.7 Å². The highest BCUT2D eigenvalue weighted by molar-refractivity contribution is 5.81. The second-order valence-electron chi connectivity index (χ2n) is 4.11. The zero-order chi connectivity index (χ0) is 13.0. The molecule has 0 saturated carbocycles. The third kappa shape index (κ3) is 2.64. The lowest BCUT2D eigenvalue weighted by Crippen LogP contribution is -2.03. The number of fused-ring (bicyclic) bond motifs is 1. The van der Waals surface area contributed by atoms with Gasteiger partial charge in [0.2, 0.25) is 0 Å². The lowest BCUT2D eigenvalue weighted by molar-refractivity contribution is -0.140. The summed E-state index contributed by atoms with van der Waals surface area (Å²) in [5.41, 5.74) is 1.15. The summed E-state index contributed by atoms with van der Waals surface area (Å²) in [6, 6.07) is 8.04. The molecule has 0 radical (unpaired) electrons. The maximum atomic E-state index is 11.0. The smallest absolute Gasteiger partial charge is 0.305 e. The van der Waals surface area contributed by atoms with Crippen molar-refractivity contribution in [2.75, 3.05) is 14.2 Å². The molecule has 1 aromatic heterocycles. The minimum atomic E-state index is -0.159. The van der Waals surface area contributed by atoms with Crippen molar-refractivity contribution in [2.24, 2.45) is 0 Å². The summed E-state index contributed by atoms with van der Waals surface area (Å²) in [6.45, 7) is 0.810. The van der Waals surface area contributed by atoms with Gasteiger partial charge in [-0.2, -0.15) is 0 Å². The van der Waals surface area contributed by atoms with Crippen LogP contribution in [0.2, 0.25) is 0 Å². The van der Waals surface area contributed by atoms with E-state index < -0.39 is 0 Å². The molecule has 0 atom stereocenters. The number of nitrogens with zero attached hydrogens (tertiary/aromatic N) is 1. The molecular weight excluding hydrogens is 230 g/mol. The Morgan fingerprint density at radius 1 is 1.28 bits per heavy atom. The summed E-state index contributed by atoms with van der Waals surface area (Å²) in [4.78, 5) is 11.0. The zero-order valence-electron chi connectivity index (χ0n) is 10.7. The van der Waals surface area contributed by atoms with Crippen LogP contribution in [0.4, 0.5) is 0 Å². The second kappa shape index (κ2) is 5.58. The number of carbonyl (C=O) groups excluding carboxylic acids is 1. The van der Waals surface area contributed by atoms with Crippen LogP contribution in [0.5, 0.6) is 5.75 Å². The fraction of sp³-hybridized carbons (Fsp3) is 0.357. The van der Waals surface area contributed by atoms with Crippen molar-refractivity contribution in [3.05, 3.63) is 30.5 Å². The number of ether oxygens (including phenoxy) is 2. The largest absolute Gasteiger partial charge is 0.497 e. The molecule has 0 N–H and O–H groups in total. The third-order valence-corrected chi connectivity index (χ3v) is 2.99. The fourth-order valence-corrected chi connectivity index (χ4v) is 2.00. The molecule has 0 spiro atoms. The van der Waals surface area contributed by atoms with E-state index >= 15 is 0 Å². The number of aromatic nitrogens is 1. The first-order valence-electron chi connectivity index (χ1n) is 5.94. The average molecular weight is 247 g/mol. The number of rotatable bonds is 5. The van der Waals surface area contributed by atoms with Crippen molar-refractivity contribution in [3.8, 4) is 5.75 Å². The minimum Gasteiger partial charge on any atom is -0.497 e. The Morgan fingerprint density at radius 3 is 2.83 bits per heavy atom. The Balaban J connectivity index is 2.07. The van der Waals surface area contributed by atoms with Crippen LogP contribution in [-0.2, 0) is 16.1 Å². The summed E-state index contributed by atoms with van der Waals surface area (Å²) in [5, 5.41) is 1.15. The van der Waals surface area contributed by atoms with E-state index in [0.717, 1.165) is 29.6 Å². The van der Waals surface area contributed by atoms with Crippen LogP contribution in [0.25, 0.3) is 10.9 Å². The van der Waals surface area contributed by atoms with Gasteiger partial charge in [-0.3, -0.25) is 4.79 Å². The molecule has 2 rings (SSSR count). The molecule has 0 amide bonds. The van der Waals surface area contributed by atoms with Gasteiger partial charge in [0.15, 0.2) is 0 Å². The predicted octanol–water partition coefficient (Wildman–Crippen LogP) is 2.60. The number of esters is 1. The van der Waals surface area contributed by atoms with Crippen LogP contribution in [0.3, 0.4) is 0 Å². The highest BCUT2D eigenvalue weighted by atomic mass is 16.5. The van der Waals surface area contributed by atoms with Crippen molar-refractivity contribution in [2.45, 2.75) is 19.4 Å². The molecule has 0 aliphatic heterocycles. The van der Waals surface area contributed by atoms with Crippen molar-refractivity contribution >= 4 is 16.9 Å². The number of hydrogen-bond acceptors (Lipinski definition) is 3. The van der Waals surface area contributed by atoms with Gasteiger partial charge in [-0.25, -0.2) is 0 Å². The van der Waals surface area contributed by atoms with Crippen molar-refractivity contribution in [1.29, 1.82) is 0 Å². The van der Waals surface area contributed by atoms with Crippen LogP contribution >= 0.6 is 0 Å². The lowest BCUT2D eigenvalue weighted by atomic mass is 10.2. The molecule has 2 aromatic rings. The van der Waals surface area contributed by atoms with E-state index in [1.165, 1.54) is 7.11 Å². The number of aryl methyl sites for hydroxylation is 1. The predicted molar refractivity (Wildman–Crippen MR) is 69.7 cm³/mol. The fourth-order valence-electron chi connectivity index (χ4n) is 2.00. The molecule has 4 nitrogen and oxygen atoms in total. The third-order valence-electron chi connectivity index (χ3n) is 2.99. The average Bonchev–Trinajstić information content (AvgIpc) is 2.81. The highest BCUT2D eigenvalue weighted by Gasteiger charge is 2.04. The van der Waals surface area contributed by atoms with Gasteiger partial charge in [-0.1, -0.05) is 0 Å². The summed E-state index contributed by atoms with van der Waals surface area (Å²) in [5.74, 6) is 0.697. The first-order valence-corrected chi connectivity index (χ1v) is 5.94. The quantitative estimate of drug-likeness (QED) is 0.762. The summed E-state index contributed by atoms with van der Waals surface area (Å²) >= 11 is 0. The maximum absolute atomic E-state index is 11.0. The molecule has 18 heavy (non-hydrogen) atoms. The Bertz CT molecular complexity index is 545. The van der Waals surface area contributed by atoms with E-state index in [1.807, 2.05) is 24.4 Å². The second-order valence-corrected chi connectivity index (χ2v) is 4.11. The van der Waals surface area contributed by atoms with Gasteiger partial charge in [-0.15, -0.1) is 0 Å². The summed E-state index contributed by atoms with van der Waals surface area (Å²) in [6.07, 6.45) is 3.26. The van der Waals surface area contributed by atoms with Crippen molar-refractivity contribution in [3.63, 3.8) is 0 Å². The van der Waals surface area contributed by atoms with Gasteiger partial charge in [0.05, 0.1) is 14.2 Å². The first kappa shape index (κ1) is 12.5.